The van der Waals surface area contributed by atoms with Crippen molar-refractivity contribution in [1.29, 1.82) is 0 Å². The van der Waals surface area contributed by atoms with Gasteiger partial charge in [0.25, 0.3) is 0 Å². The molecule has 2 aliphatic rings. The number of benzene rings is 1. The van der Waals surface area contributed by atoms with Crippen molar-refractivity contribution in [2.24, 2.45) is 7.05 Å². The van der Waals surface area contributed by atoms with E-state index in [1.165, 1.54) is 25.5 Å². The molecular formula is C26H30N8O2. The highest BCUT2D eigenvalue weighted by atomic mass is 16.4. The van der Waals surface area contributed by atoms with Crippen molar-refractivity contribution >= 4 is 5.97 Å². The number of piperidine rings is 1. The van der Waals surface area contributed by atoms with Crippen molar-refractivity contribution in [1.82, 2.24) is 39.2 Å². The number of rotatable bonds is 8. The molecule has 2 atom stereocenters. The second-order valence-electron chi connectivity index (χ2n) is 9.90. The number of imidazole rings is 1. The molecule has 1 aliphatic heterocycles. The number of aromatic carboxylic acids is 1. The van der Waals surface area contributed by atoms with Crippen LogP contribution in [0.3, 0.4) is 0 Å². The van der Waals surface area contributed by atoms with Crippen LogP contribution in [0, 0.1) is 0 Å². The van der Waals surface area contributed by atoms with Gasteiger partial charge in [-0.2, -0.15) is 5.10 Å². The summed E-state index contributed by atoms with van der Waals surface area (Å²) < 4.78 is 5.67. The topological polar surface area (TPSA) is 107 Å². The Bertz CT molecular complexity index is 1380. The fourth-order valence-corrected chi connectivity index (χ4v) is 5.38. The minimum Gasteiger partial charge on any atom is -0.478 e. The molecule has 10 heteroatoms. The van der Waals surface area contributed by atoms with Crippen LogP contribution >= 0.6 is 0 Å². The Labute approximate surface area is 209 Å². The van der Waals surface area contributed by atoms with Crippen molar-refractivity contribution in [2.45, 2.75) is 50.6 Å². The molecule has 1 aliphatic carbocycles. The summed E-state index contributed by atoms with van der Waals surface area (Å²) in [6.07, 6.45) is 11.9. The zero-order valence-electron chi connectivity index (χ0n) is 20.4. The molecule has 3 aromatic heterocycles. The van der Waals surface area contributed by atoms with Crippen molar-refractivity contribution in [3.05, 3.63) is 77.4 Å². The third-order valence-electron chi connectivity index (χ3n) is 7.30. The predicted octanol–water partition coefficient (Wildman–Crippen LogP) is 3.20. The average molecular weight is 487 g/mol. The molecule has 1 saturated carbocycles. The molecule has 0 bridgehead atoms. The van der Waals surface area contributed by atoms with Crippen molar-refractivity contribution < 1.29 is 9.90 Å². The van der Waals surface area contributed by atoms with Crippen LogP contribution in [0.25, 0.3) is 5.69 Å². The first kappa shape index (κ1) is 22.7. The van der Waals surface area contributed by atoms with Crippen LogP contribution in [0.4, 0.5) is 0 Å². The molecule has 4 heterocycles. The quantitative estimate of drug-likeness (QED) is 0.408. The predicted molar refractivity (Wildman–Crippen MR) is 132 cm³/mol. The molecule has 1 aromatic carbocycles. The summed E-state index contributed by atoms with van der Waals surface area (Å²) >= 11 is 0. The van der Waals surface area contributed by atoms with Crippen LogP contribution in [0.15, 0.2) is 49.1 Å². The third-order valence-corrected chi connectivity index (χ3v) is 7.30. The number of hydrogen-bond acceptors (Lipinski definition) is 6. The van der Waals surface area contributed by atoms with Crippen molar-refractivity contribution in [3.63, 3.8) is 0 Å². The molecule has 36 heavy (non-hydrogen) atoms. The average Bonchev–Trinajstić information content (AvgIpc) is 3.19. The van der Waals surface area contributed by atoms with Crippen LogP contribution in [0.2, 0.25) is 0 Å². The lowest BCUT2D eigenvalue weighted by Gasteiger charge is -2.26. The van der Waals surface area contributed by atoms with Gasteiger partial charge in [0, 0.05) is 44.0 Å². The maximum atomic E-state index is 12.0. The summed E-state index contributed by atoms with van der Waals surface area (Å²) in [7, 11) is 1.84. The lowest BCUT2D eigenvalue weighted by molar-refractivity contribution is 0.0695. The summed E-state index contributed by atoms with van der Waals surface area (Å²) in [5.41, 5.74) is 3.84. The van der Waals surface area contributed by atoms with Gasteiger partial charge in [0.15, 0.2) is 0 Å². The van der Waals surface area contributed by atoms with E-state index in [-0.39, 0.29) is 17.4 Å². The first-order chi connectivity index (χ1) is 17.6. The van der Waals surface area contributed by atoms with Crippen LogP contribution in [-0.4, -0.2) is 63.4 Å². The Balaban J connectivity index is 1.26. The summed E-state index contributed by atoms with van der Waals surface area (Å²) in [4.78, 5) is 19.1. The number of hydrogen-bond donors (Lipinski definition) is 1. The SMILES string of the molecule is Cn1cc(C2CC2c2c(C(=O)O)cnn2-c2cccc(Cn3ccnc3CN3CCCCC3)c2)nn1. The largest absolute Gasteiger partial charge is 0.478 e. The number of aromatic nitrogens is 7. The Morgan fingerprint density at radius 3 is 2.78 bits per heavy atom. The van der Waals surface area contributed by atoms with Gasteiger partial charge in [0.2, 0.25) is 0 Å². The van der Waals surface area contributed by atoms with Crippen molar-refractivity contribution in [2.75, 3.05) is 13.1 Å². The Morgan fingerprint density at radius 2 is 2.00 bits per heavy atom. The van der Waals surface area contributed by atoms with E-state index in [0.29, 0.717) is 6.54 Å². The molecular weight excluding hydrogens is 456 g/mol. The Kier molecular flexibility index (Phi) is 5.88. The van der Waals surface area contributed by atoms with E-state index in [2.05, 4.69) is 42.0 Å². The van der Waals surface area contributed by atoms with E-state index < -0.39 is 5.97 Å². The van der Waals surface area contributed by atoms with E-state index in [4.69, 9.17) is 0 Å². The summed E-state index contributed by atoms with van der Waals surface area (Å²) in [6, 6.07) is 8.17. The maximum absolute atomic E-state index is 12.0. The fourth-order valence-electron chi connectivity index (χ4n) is 5.38. The molecule has 4 aromatic rings. The first-order valence-corrected chi connectivity index (χ1v) is 12.6. The van der Waals surface area contributed by atoms with Gasteiger partial charge in [-0.15, -0.1) is 5.10 Å². The van der Waals surface area contributed by atoms with Gasteiger partial charge >= 0.3 is 5.97 Å². The molecule has 1 N–H and O–H groups in total. The number of nitrogens with zero attached hydrogens (tertiary/aromatic N) is 8. The van der Waals surface area contributed by atoms with Crippen LogP contribution in [0.5, 0.6) is 0 Å². The van der Waals surface area contributed by atoms with E-state index in [9.17, 15) is 9.90 Å². The molecule has 1 saturated heterocycles. The number of aryl methyl sites for hydroxylation is 1. The molecule has 2 unspecified atom stereocenters. The van der Waals surface area contributed by atoms with Gasteiger partial charge in [-0.05, 0) is 50.0 Å². The number of carboxylic acid groups (broad SMARTS) is 1. The first-order valence-electron chi connectivity index (χ1n) is 12.6. The van der Waals surface area contributed by atoms with E-state index in [1.807, 2.05) is 37.8 Å². The highest BCUT2D eigenvalue weighted by Crippen LogP contribution is 2.55. The van der Waals surface area contributed by atoms with Gasteiger partial charge in [0.05, 0.1) is 29.8 Å². The highest BCUT2D eigenvalue weighted by molar-refractivity contribution is 5.89. The van der Waals surface area contributed by atoms with Gasteiger partial charge in [0.1, 0.15) is 11.4 Å². The second-order valence-corrected chi connectivity index (χ2v) is 9.90. The Morgan fingerprint density at radius 1 is 1.14 bits per heavy atom. The van der Waals surface area contributed by atoms with Gasteiger partial charge in [-0.3, -0.25) is 9.58 Å². The minimum atomic E-state index is -0.960. The van der Waals surface area contributed by atoms with E-state index >= 15 is 0 Å². The van der Waals surface area contributed by atoms with Crippen LogP contribution < -0.4 is 0 Å². The molecule has 0 spiro atoms. The smallest absolute Gasteiger partial charge is 0.339 e. The molecule has 10 nitrogen and oxygen atoms in total. The van der Waals surface area contributed by atoms with Crippen LogP contribution in [-0.2, 0) is 20.1 Å². The lowest BCUT2D eigenvalue weighted by Crippen LogP contribution is -2.30. The summed E-state index contributed by atoms with van der Waals surface area (Å²) in [5.74, 6) is 0.306. The lowest BCUT2D eigenvalue weighted by atomic mass is 10.1. The zero-order chi connectivity index (χ0) is 24.6. The highest BCUT2D eigenvalue weighted by Gasteiger charge is 2.46. The zero-order valence-corrected chi connectivity index (χ0v) is 20.4. The Hall–Kier alpha value is -3.79. The normalized spacial score (nSPS) is 20.0. The van der Waals surface area contributed by atoms with Gasteiger partial charge in [-0.1, -0.05) is 23.8 Å². The summed E-state index contributed by atoms with van der Waals surface area (Å²) in [5, 5.41) is 22.6. The van der Waals surface area contributed by atoms with Crippen LogP contribution in [0.1, 0.15) is 70.7 Å². The standard InChI is InChI=1S/C26H30N8O2/c1-31-16-23(29-30-31)20-13-21(20)25-22(26(35)36)14-28-34(25)19-7-5-6-18(12-19)15-33-11-8-27-24(33)17-32-9-3-2-4-10-32/h5-8,11-12,14,16,20-21H,2-4,9-10,13,15,17H2,1H3,(H,35,36). The maximum Gasteiger partial charge on any atom is 0.339 e. The van der Waals surface area contributed by atoms with Gasteiger partial charge < -0.3 is 9.67 Å². The van der Waals surface area contributed by atoms with E-state index in [0.717, 1.165) is 54.5 Å². The van der Waals surface area contributed by atoms with E-state index in [1.54, 1.807) is 9.36 Å². The van der Waals surface area contributed by atoms with Gasteiger partial charge in [-0.25, -0.2) is 14.5 Å². The number of carboxylic acids is 1. The molecule has 2 fully saturated rings. The van der Waals surface area contributed by atoms with Crippen molar-refractivity contribution in [3.8, 4) is 5.69 Å². The monoisotopic (exact) mass is 486 g/mol. The number of carbonyl (C=O) groups is 1. The second kappa shape index (κ2) is 9.34. The molecule has 6 rings (SSSR count). The third kappa shape index (κ3) is 4.44. The molecule has 0 radical (unpaired) electrons. The summed E-state index contributed by atoms with van der Waals surface area (Å²) in [6.45, 7) is 3.83. The minimum absolute atomic E-state index is 0.0451. The molecule has 0 amide bonds. The fraction of sp³-hybridized carbons (Fsp3) is 0.423. The molecule has 186 valence electrons. The number of likely N-dealkylation sites (tertiary alicyclic amines) is 1.